The summed E-state index contributed by atoms with van der Waals surface area (Å²) in [6, 6.07) is 1.73. The van der Waals surface area contributed by atoms with Crippen LogP contribution in [-0.2, 0) is 4.74 Å². The molecule has 0 bridgehead atoms. The third-order valence-corrected chi connectivity index (χ3v) is 8.02. The van der Waals surface area contributed by atoms with Crippen LogP contribution in [0.2, 0.25) is 0 Å². The zero-order chi connectivity index (χ0) is 26.9. The van der Waals surface area contributed by atoms with E-state index >= 15 is 0 Å². The average Bonchev–Trinajstić information content (AvgIpc) is 3.73. The van der Waals surface area contributed by atoms with Crippen molar-refractivity contribution >= 4 is 11.9 Å². The van der Waals surface area contributed by atoms with E-state index in [1.165, 1.54) is 0 Å². The Balaban J connectivity index is 0.997. The van der Waals surface area contributed by atoms with E-state index in [1.807, 2.05) is 4.90 Å². The molecule has 0 saturated carbocycles. The molecule has 208 valence electrons. The number of ether oxygens (including phenoxy) is 2. The minimum atomic E-state index is -1.18. The highest BCUT2D eigenvalue weighted by Crippen LogP contribution is 2.32. The lowest BCUT2D eigenvalue weighted by Gasteiger charge is -2.34. The highest BCUT2D eigenvalue weighted by Gasteiger charge is 2.30. The molecule has 13 heteroatoms. The first-order valence-corrected chi connectivity index (χ1v) is 13.4. The molecule has 3 saturated heterocycles. The second kappa shape index (κ2) is 10.9. The van der Waals surface area contributed by atoms with Crippen molar-refractivity contribution in [2.75, 3.05) is 49.2 Å². The van der Waals surface area contributed by atoms with Crippen LogP contribution in [0.15, 0.2) is 24.5 Å². The summed E-state index contributed by atoms with van der Waals surface area (Å²) in [4.78, 5) is 14.6. The van der Waals surface area contributed by atoms with Crippen molar-refractivity contribution in [2.24, 2.45) is 5.92 Å². The maximum Gasteiger partial charge on any atom is 0.266 e. The number of aromatic nitrogens is 6. The molecule has 0 radical (unpaired) electrons. The zero-order valence-corrected chi connectivity index (χ0v) is 21.7. The molecule has 3 aliphatic heterocycles. The van der Waals surface area contributed by atoms with Crippen molar-refractivity contribution in [3.8, 4) is 5.75 Å². The first kappa shape index (κ1) is 25.8. The van der Waals surface area contributed by atoms with Gasteiger partial charge in [-0.05, 0) is 55.4 Å². The number of benzene rings is 1. The Morgan fingerprint density at radius 1 is 0.923 bits per heavy atom. The van der Waals surface area contributed by atoms with Crippen LogP contribution in [-0.4, -0.2) is 75.7 Å². The van der Waals surface area contributed by atoms with Crippen molar-refractivity contribution in [1.29, 1.82) is 0 Å². The van der Waals surface area contributed by atoms with Crippen LogP contribution in [0.25, 0.3) is 0 Å². The maximum atomic E-state index is 14.2. The van der Waals surface area contributed by atoms with Gasteiger partial charge in [-0.25, -0.2) is 23.1 Å². The van der Waals surface area contributed by atoms with Crippen LogP contribution >= 0.6 is 0 Å². The van der Waals surface area contributed by atoms with Gasteiger partial charge in [0.05, 0.1) is 31.1 Å². The van der Waals surface area contributed by atoms with Crippen molar-refractivity contribution < 1.29 is 22.6 Å². The summed E-state index contributed by atoms with van der Waals surface area (Å²) >= 11 is 0. The summed E-state index contributed by atoms with van der Waals surface area (Å²) < 4.78 is 52.8. The smallest absolute Gasteiger partial charge is 0.266 e. The van der Waals surface area contributed by atoms with Gasteiger partial charge in [0.25, 0.3) is 5.95 Å². The normalized spacial score (nSPS) is 23.0. The quantitative estimate of drug-likeness (QED) is 0.414. The third kappa shape index (κ3) is 5.49. The van der Waals surface area contributed by atoms with E-state index in [0.29, 0.717) is 55.7 Å². The third-order valence-electron chi connectivity index (χ3n) is 8.02. The predicted molar refractivity (Wildman–Crippen MR) is 135 cm³/mol. The van der Waals surface area contributed by atoms with Crippen LogP contribution in [0.1, 0.15) is 50.1 Å². The van der Waals surface area contributed by atoms with Gasteiger partial charge < -0.3 is 19.3 Å². The average molecular weight is 545 g/mol. The van der Waals surface area contributed by atoms with Crippen molar-refractivity contribution in [2.45, 2.75) is 50.7 Å². The van der Waals surface area contributed by atoms with Crippen LogP contribution in [0.5, 0.6) is 5.75 Å². The second-order valence-electron chi connectivity index (χ2n) is 10.5. The van der Waals surface area contributed by atoms with E-state index in [9.17, 15) is 13.2 Å². The molecule has 1 aromatic carbocycles. The molecular weight excluding hydrogens is 513 g/mol. The van der Waals surface area contributed by atoms with Gasteiger partial charge in [0.2, 0.25) is 5.95 Å². The standard InChI is InChI=1S/C26H31F3N8O2/c1-16(17-2-6-35(7-3-17)26-32-34-37(33-26)19-5-9-38-15-19)39-20-12-30-25(31-13-20)36-8-4-18(14-36)21-10-23(28)24(29)11-22(21)27/h10-13,16-19H,2-9,14-15H2,1H3/t16-,18+,19+/m0/s1. The summed E-state index contributed by atoms with van der Waals surface area (Å²) in [6.07, 6.45) is 6.66. The fourth-order valence-corrected chi connectivity index (χ4v) is 5.66. The molecule has 0 aliphatic carbocycles. The van der Waals surface area contributed by atoms with Crippen molar-refractivity contribution in [3.63, 3.8) is 0 Å². The molecule has 0 N–H and O–H groups in total. The molecule has 0 amide bonds. The molecule has 6 rings (SSSR count). The monoisotopic (exact) mass is 544 g/mol. The van der Waals surface area contributed by atoms with Crippen molar-refractivity contribution in [3.05, 3.63) is 47.5 Å². The molecule has 3 aliphatic rings. The highest BCUT2D eigenvalue weighted by atomic mass is 19.2. The Bertz CT molecular complexity index is 1280. The van der Waals surface area contributed by atoms with Gasteiger partial charge in [0, 0.05) is 44.8 Å². The van der Waals surface area contributed by atoms with Crippen LogP contribution in [0, 0.1) is 23.4 Å². The Morgan fingerprint density at radius 3 is 2.41 bits per heavy atom. The number of hydrogen-bond acceptors (Lipinski definition) is 9. The van der Waals surface area contributed by atoms with E-state index in [0.717, 1.165) is 45.0 Å². The zero-order valence-electron chi connectivity index (χ0n) is 21.7. The Labute approximate surface area is 224 Å². The fraction of sp³-hybridized carbons (Fsp3) is 0.577. The molecule has 39 heavy (non-hydrogen) atoms. The molecule has 5 heterocycles. The summed E-state index contributed by atoms with van der Waals surface area (Å²) in [5.41, 5.74) is 0.181. The van der Waals surface area contributed by atoms with E-state index in [2.05, 4.69) is 37.2 Å². The first-order valence-electron chi connectivity index (χ1n) is 13.4. The number of piperidine rings is 1. The fourth-order valence-electron chi connectivity index (χ4n) is 5.66. The first-order chi connectivity index (χ1) is 18.9. The number of nitrogens with zero attached hydrogens (tertiary/aromatic N) is 8. The summed E-state index contributed by atoms with van der Waals surface area (Å²) in [6.45, 7) is 6.10. The lowest BCUT2D eigenvalue weighted by atomic mass is 9.92. The number of rotatable bonds is 7. The molecule has 3 aromatic rings. The van der Waals surface area contributed by atoms with E-state index in [1.54, 1.807) is 17.2 Å². The summed E-state index contributed by atoms with van der Waals surface area (Å²) in [5, 5.41) is 13.0. The Hall–Kier alpha value is -3.48. The van der Waals surface area contributed by atoms with Gasteiger partial charge in [-0.1, -0.05) is 5.10 Å². The lowest BCUT2D eigenvalue weighted by molar-refractivity contribution is 0.132. The Morgan fingerprint density at radius 2 is 1.67 bits per heavy atom. The molecule has 0 unspecified atom stereocenters. The van der Waals surface area contributed by atoms with E-state index < -0.39 is 17.5 Å². The molecule has 0 spiro atoms. The molecule has 2 aromatic heterocycles. The van der Waals surface area contributed by atoms with E-state index in [4.69, 9.17) is 9.47 Å². The van der Waals surface area contributed by atoms with Gasteiger partial charge in [0.1, 0.15) is 5.82 Å². The van der Waals surface area contributed by atoms with Crippen LogP contribution in [0.3, 0.4) is 0 Å². The van der Waals surface area contributed by atoms with Gasteiger partial charge in [-0.15, -0.1) is 5.10 Å². The van der Waals surface area contributed by atoms with Crippen LogP contribution in [0.4, 0.5) is 25.1 Å². The maximum absolute atomic E-state index is 14.2. The topological polar surface area (TPSA) is 94.3 Å². The largest absolute Gasteiger partial charge is 0.487 e. The molecular formula is C26H31F3N8O2. The number of anilines is 2. The molecule has 3 fully saturated rings. The van der Waals surface area contributed by atoms with Gasteiger partial charge in [-0.2, -0.15) is 4.80 Å². The van der Waals surface area contributed by atoms with Gasteiger partial charge >= 0.3 is 0 Å². The summed E-state index contributed by atoms with van der Waals surface area (Å²) in [5.74, 6) is -1.10. The highest BCUT2D eigenvalue weighted by molar-refractivity contribution is 5.37. The second-order valence-corrected chi connectivity index (χ2v) is 10.5. The van der Waals surface area contributed by atoms with Crippen LogP contribution < -0.4 is 14.5 Å². The molecule has 3 atom stereocenters. The summed E-state index contributed by atoms with van der Waals surface area (Å²) in [7, 11) is 0. The number of tetrazole rings is 1. The number of hydrogen-bond donors (Lipinski definition) is 0. The Kier molecular flexibility index (Phi) is 7.24. The SMILES string of the molecule is C[C@H](Oc1cnc(N2CC[C@@H](c3cc(F)c(F)cc3F)C2)nc1)C1CCN(c2nnn([C@@H]3CCOC3)n2)CC1. The molecule has 10 nitrogen and oxygen atoms in total. The van der Waals surface area contributed by atoms with Gasteiger partial charge in [0.15, 0.2) is 17.4 Å². The van der Waals surface area contributed by atoms with Gasteiger partial charge in [-0.3, -0.25) is 0 Å². The minimum absolute atomic E-state index is 0.0200. The predicted octanol–water partition coefficient (Wildman–Crippen LogP) is 3.52. The minimum Gasteiger partial charge on any atom is -0.487 e. The lowest BCUT2D eigenvalue weighted by Crippen LogP contribution is -2.39. The number of halogens is 3. The van der Waals surface area contributed by atoms with E-state index in [-0.39, 0.29) is 23.6 Å². The van der Waals surface area contributed by atoms with Crippen molar-refractivity contribution in [1.82, 2.24) is 30.2 Å².